The van der Waals surface area contributed by atoms with Gasteiger partial charge in [0.05, 0.1) is 18.3 Å². The molecular formula is C6H10O3. The van der Waals surface area contributed by atoms with Crippen LogP contribution in [0.15, 0.2) is 12.2 Å². The molecule has 1 rings (SSSR count). The van der Waals surface area contributed by atoms with Gasteiger partial charge in [-0.3, -0.25) is 0 Å². The van der Waals surface area contributed by atoms with E-state index in [1.165, 1.54) is 12.2 Å². The molecular weight excluding hydrogens is 120 g/mol. The molecule has 3 heteroatoms. The predicted molar refractivity (Wildman–Crippen MR) is 31.8 cm³/mol. The topological polar surface area (TPSA) is 60.7 Å². The van der Waals surface area contributed by atoms with Gasteiger partial charge in [0.25, 0.3) is 0 Å². The van der Waals surface area contributed by atoms with Crippen LogP contribution in [-0.4, -0.2) is 33.6 Å². The Labute approximate surface area is 53.3 Å². The average molecular weight is 130 g/mol. The van der Waals surface area contributed by atoms with Crippen molar-refractivity contribution in [3.05, 3.63) is 12.2 Å². The first-order valence-electron chi connectivity index (χ1n) is 2.92. The van der Waals surface area contributed by atoms with Crippen LogP contribution in [0.5, 0.6) is 0 Å². The van der Waals surface area contributed by atoms with Crippen LogP contribution in [-0.2, 0) is 0 Å². The Hall–Kier alpha value is -0.380. The van der Waals surface area contributed by atoms with Gasteiger partial charge < -0.3 is 15.3 Å². The Morgan fingerprint density at radius 2 is 1.78 bits per heavy atom. The van der Waals surface area contributed by atoms with Crippen LogP contribution in [0.4, 0.5) is 0 Å². The van der Waals surface area contributed by atoms with Gasteiger partial charge in [-0.25, -0.2) is 0 Å². The molecule has 0 aliphatic heterocycles. The van der Waals surface area contributed by atoms with Crippen LogP contribution in [0.1, 0.15) is 6.42 Å². The van der Waals surface area contributed by atoms with Gasteiger partial charge in [-0.1, -0.05) is 12.2 Å². The van der Waals surface area contributed by atoms with Crippen molar-refractivity contribution in [1.29, 1.82) is 0 Å². The molecule has 52 valence electrons. The minimum Gasteiger partial charge on any atom is -0.390 e. The van der Waals surface area contributed by atoms with Crippen LogP contribution in [0.25, 0.3) is 0 Å². The Morgan fingerprint density at radius 3 is 2.22 bits per heavy atom. The van der Waals surface area contributed by atoms with Crippen molar-refractivity contribution >= 4 is 0 Å². The molecule has 1 aliphatic carbocycles. The largest absolute Gasteiger partial charge is 0.390 e. The van der Waals surface area contributed by atoms with Crippen LogP contribution < -0.4 is 0 Å². The van der Waals surface area contributed by atoms with Gasteiger partial charge in [-0.05, 0) is 0 Å². The van der Waals surface area contributed by atoms with E-state index in [9.17, 15) is 0 Å². The summed E-state index contributed by atoms with van der Waals surface area (Å²) in [7, 11) is 0. The second kappa shape index (κ2) is 2.47. The fraction of sp³-hybridized carbons (Fsp3) is 0.667. The van der Waals surface area contributed by atoms with Crippen LogP contribution in [0.3, 0.4) is 0 Å². The van der Waals surface area contributed by atoms with Crippen molar-refractivity contribution in [2.75, 3.05) is 0 Å². The molecule has 0 aromatic carbocycles. The van der Waals surface area contributed by atoms with Crippen molar-refractivity contribution in [1.82, 2.24) is 0 Å². The highest BCUT2D eigenvalue weighted by molar-refractivity contribution is 5.02. The van der Waals surface area contributed by atoms with Gasteiger partial charge in [0.15, 0.2) is 0 Å². The maximum Gasteiger partial charge on any atom is 0.0981 e. The molecule has 0 saturated carbocycles. The van der Waals surface area contributed by atoms with Crippen LogP contribution >= 0.6 is 0 Å². The molecule has 9 heavy (non-hydrogen) atoms. The molecule has 3 atom stereocenters. The zero-order chi connectivity index (χ0) is 6.85. The van der Waals surface area contributed by atoms with Crippen molar-refractivity contribution < 1.29 is 15.3 Å². The molecule has 0 bridgehead atoms. The average Bonchev–Trinajstić information content (AvgIpc) is 1.80. The van der Waals surface area contributed by atoms with E-state index in [4.69, 9.17) is 15.3 Å². The van der Waals surface area contributed by atoms with Crippen LogP contribution in [0.2, 0.25) is 0 Å². The molecule has 3 N–H and O–H groups in total. The van der Waals surface area contributed by atoms with Crippen LogP contribution in [0, 0.1) is 0 Å². The number of hydrogen-bond donors (Lipinski definition) is 3. The van der Waals surface area contributed by atoms with Crippen molar-refractivity contribution in [2.45, 2.75) is 24.7 Å². The molecule has 0 radical (unpaired) electrons. The van der Waals surface area contributed by atoms with Gasteiger partial charge in [0, 0.05) is 6.42 Å². The predicted octanol–water partition coefficient (Wildman–Crippen LogP) is -0.971. The summed E-state index contributed by atoms with van der Waals surface area (Å²) in [6.45, 7) is 0. The third-order valence-corrected chi connectivity index (χ3v) is 1.41. The van der Waals surface area contributed by atoms with E-state index < -0.39 is 18.3 Å². The van der Waals surface area contributed by atoms with Crippen molar-refractivity contribution in [3.8, 4) is 0 Å². The van der Waals surface area contributed by atoms with Gasteiger partial charge in [-0.15, -0.1) is 0 Å². The molecule has 0 heterocycles. The molecule has 3 nitrogen and oxygen atoms in total. The maximum atomic E-state index is 8.89. The summed E-state index contributed by atoms with van der Waals surface area (Å²) in [6, 6.07) is 0. The van der Waals surface area contributed by atoms with Crippen molar-refractivity contribution in [3.63, 3.8) is 0 Å². The normalized spacial score (nSPS) is 43.2. The summed E-state index contributed by atoms with van der Waals surface area (Å²) < 4.78 is 0. The molecule has 0 fully saturated rings. The first kappa shape index (κ1) is 6.74. The summed E-state index contributed by atoms with van der Waals surface area (Å²) in [5, 5.41) is 26.6. The van der Waals surface area contributed by atoms with E-state index in [1.54, 1.807) is 0 Å². The van der Waals surface area contributed by atoms with Gasteiger partial charge >= 0.3 is 0 Å². The highest BCUT2D eigenvalue weighted by Crippen LogP contribution is 2.11. The first-order chi connectivity index (χ1) is 4.20. The fourth-order valence-electron chi connectivity index (χ4n) is 0.836. The molecule has 0 spiro atoms. The fourth-order valence-corrected chi connectivity index (χ4v) is 0.836. The van der Waals surface area contributed by atoms with Gasteiger partial charge in [0.1, 0.15) is 0 Å². The third kappa shape index (κ3) is 1.51. The van der Waals surface area contributed by atoms with Crippen molar-refractivity contribution in [2.24, 2.45) is 0 Å². The van der Waals surface area contributed by atoms with Gasteiger partial charge in [-0.2, -0.15) is 0 Å². The van der Waals surface area contributed by atoms with E-state index in [-0.39, 0.29) is 6.42 Å². The summed E-state index contributed by atoms with van der Waals surface area (Å²) in [5.41, 5.74) is 0. The SMILES string of the molecule is O[C@@H]1C=C[C@H](O)[C@H](O)C1. The van der Waals surface area contributed by atoms with E-state index in [2.05, 4.69) is 0 Å². The Bertz CT molecular complexity index is 121. The highest BCUT2D eigenvalue weighted by atomic mass is 16.3. The summed E-state index contributed by atoms with van der Waals surface area (Å²) in [6.07, 6.45) is 0.926. The summed E-state index contributed by atoms with van der Waals surface area (Å²) in [4.78, 5) is 0. The monoisotopic (exact) mass is 130 g/mol. The summed E-state index contributed by atoms with van der Waals surface area (Å²) in [5.74, 6) is 0. The van der Waals surface area contributed by atoms with E-state index >= 15 is 0 Å². The van der Waals surface area contributed by atoms with E-state index in [0.29, 0.717) is 0 Å². The molecule has 1 aliphatic rings. The molecule has 0 aromatic heterocycles. The zero-order valence-corrected chi connectivity index (χ0v) is 4.94. The second-order valence-electron chi connectivity index (χ2n) is 2.25. The maximum absolute atomic E-state index is 8.89. The highest BCUT2D eigenvalue weighted by Gasteiger charge is 2.20. The number of aliphatic hydroxyl groups excluding tert-OH is 3. The smallest absolute Gasteiger partial charge is 0.0981 e. The Kier molecular flexibility index (Phi) is 1.85. The minimum absolute atomic E-state index is 0.234. The van der Waals surface area contributed by atoms with E-state index in [1.807, 2.05) is 0 Å². The number of rotatable bonds is 0. The lowest BCUT2D eigenvalue weighted by Gasteiger charge is -2.20. The first-order valence-corrected chi connectivity index (χ1v) is 2.92. The quantitative estimate of drug-likeness (QED) is 0.370. The summed E-state index contributed by atoms with van der Waals surface area (Å²) >= 11 is 0. The third-order valence-electron chi connectivity index (χ3n) is 1.41. The number of hydrogen-bond acceptors (Lipinski definition) is 3. The Balaban J connectivity index is 2.54. The molecule has 0 saturated heterocycles. The second-order valence-corrected chi connectivity index (χ2v) is 2.25. The lowest BCUT2D eigenvalue weighted by molar-refractivity contribution is 0.0101. The van der Waals surface area contributed by atoms with Gasteiger partial charge in [0.2, 0.25) is 0 Å². The molecule has 0 unspecified atom stereocenters. The number of aliphatic hydroxyl groups is 3. The minimum atomic E-state index is -0.801. The molecule has 0 amide bonds. The lowest BCUT2D eigenvalue weighted by Crippen LogP contribution is -2.31. The van der Waals surface area contributed by atoms with E-state index in [0.717, 1.165) is 0 Å². The Morgan fingerprint density at radius 1 is 1.11 bits per heavy atom. The lowest BCUT2D eigenvalue weighted by atomic mass is 10.00. The molecule has 0 aromatic rings. The zero-order valence-electron chi connectivity index (χ0n) is 4.94. The standard InChI is InChI=1S/C6H10O3/c7-4-1-2-5(8)6(9)3-4/h1-2,4-9H,3H2/t4-,5+,6-/m1/s1.